The van der Waals surface area contributed by atoms with E-state index in [-0.39, 0.29) is 11.8 Å². The fraction of sp³-hybridized carbons (Fsp3) is 0.909. The number of hydrogen-bond acceptors (Lipinski definition) is 1. The maximum atomic E-state index is 11.4. The quantitative estimate of drug-likeness (QED) is 0.715. The van der Waals surface area contributed by atoms with Crippen LogP contribution in [-0.2, 0) is 4.79 Å². The van der Waals surface area contributed by atoms with E-state index in [2.05, 4.69) is 12.2 Å². The minimum absolute atomic E-state index is 0.115. The number of amides is 1. The summed E-state index contributed by atoms with van der Waals surface area (Å²) >= 11 is 0. The van der Waals surface area contributed by atoms with Crippen molar-refractivity contribution >= 4 is 5.91 Å². The topological polar surface area (TPSA) is 29.1 Å². The predicted octanol–water partition coefficient (Wildman–Crippen LogP) is 2.34. The van der Waals surface area contributed by atoms with Crippen LogP contribution < -0.4 is 5.32 Å². The standard InChI is InChI=1S/C11H21NO/c1-8(2)11(13)12-9(3)10-6-4-5-7-10/h8-10H,4-7H2,1-3H3,(H,12,13)/t9-/m1/s1. The zero-order valence-electron chi connectivity index (χ0n) is 8.97. The summed E-state index contributed by atoms with van der Waals surface area (Å²) in [4.78, 5) is 11.4. The summed E-state index contributed by atoms with van der Waals surface area (Å²) in [5.74, 6) is 1.03. The molecule has 1 aliphatic rings. The van der Waals surface area contributed by atoms with Gasteiger partial charge >= 0.3 is 0 Å². The highest BCUT2D eigenvalue weighted by Gasteiger charge is 2.23. The molecule has 0 radical (unpaired) electrons. The SMILES string of the molecule is CC(C)C(=O)N[C@H](C)C1CCCC1. The molecule has 0 aliphatic heterocycles. The van der Waals surface area contributed by atoms with Crippen molar-refractivity contribution in [2.75, 3.05) is 0 Å². The van der Waals surface area contributed by atoms with Crippen molar-refractivity contribution in [1.29, 1.82) is 0 Å². The molecule has 0 spiro atoms. The molecule has 13 heavy (non-hydrogen) atoms. The number of rotatable bonds is 3. The van der Waals surface area contributed by atoms with E-state index in [9.17, 15) is 4.79 Å². The molecule has 0 aromatic carbocycles. The summed E-state index contributed by atoms with van der Waals surface area (Å²) in [5.41, 5.74) is 0. The highest BCUT2D eigenvalue weighted by molar-refractivity contribution is 5.78. The molecule has 1 N–H and O–H groups in total. The Morgan fingerprint density at radius 3 is 2.23 bits per heavy atom. The molecule has 2 nitrogen and oxygen atoms in total. The lowest BCUT2D eigenvalue weighted by Gasteiger charge is -2.21. The summed E-state index contributed by atoms with van der Waals surface area (Å²) < 4.78 is 0. The molecule has 0 aromatic heterocycles. The molecule has 76 valence electrons. The van der Waals surface area contributed by atoms with Crippen LogP contribution in [0.4, 0.5) is 0 Å². The van der Waals surface area contributed by atoms with Gasteiger partial charge in [-0.05, 0) is 25.7 Å². The Kier molecular flexibility index (Phi) is 3.76. The van der Waals surface area contributed by atoms with Crippen molar-refractivity contribution in [1.82, 2.24) is 5.32 Å². The zero-order valence-corrected chi connectivity index (χ0v) is 8.97. The second-order valence-corrected chi connectivity index (χ2v) is 4.50. The van der Waals surface area contributed by atoms with Gasteiger partial charge in [-0.25, -0.2) is 0 Å². The van der Waals surface area contributed by atoms with Gasteiger partial charge in [-0.1, -0.05) is 26.7 Å². The molecular formula is C11H21NO. The molecule has 0 unspecified atom stereocenters. The molecule has 0 saturated heterocycles. The van der Waals surface area contributed by atoms with Crippen LogP contribution in [0.15, 0.2) is 0 Å². The van der Waals surface area contributed by atoms with Gasteiger partial charge in [-0.3, -0.25) is 4.79 Å². The summed E-state index contributed by atoms with van der Waals surface area (Å²) in [6.07, 6.45) is 5.26. The van der Waals surface area contributed by atoms with Crippen LogP contribution >= 0.6 is 0 Å². The average molecular weight is 183 g/mol. The van der Waals surface area contributed by atoms with Crippen molar-refractivity contribution in [2.45, 2.75) is 52.5 Å². The Labute approximate surface area is 81.1 Å². The van der Waals surface area contributed by atoms with Crippen molar-refractivity contribution in [2.24, 2.45) is 11.8 Å². The third-order valence-corrected chi connectivity index (χ3v) is 3.00. The summed E-state index contributed by atoms with van der Waals surface area (Å²) in [6.45, 7) is 6.02. The molecule has 1 atom stereocenters. The van der Waals surface area contributed by atoms with Crippen LogP contribution in [0, 0.1) is 11.8 Å². The predicted molar refractivity (Wildman–Crippen MR) is 54.4 cm³/mol. The lowest BCUT2D eigenvalue weighted by molar-refractivity contribution is -0.124. The van der Waals surface area contributed by atoms with Crippen LogP contribution in [0.25, 0.3) is 0 Å². The maximum Gasteiger partial charge on any atom is 0.222 e. The van der Waals surface area contributed by atoms with Gasteiger partial charge in [-0.2, -0.15) is 0 Å². The number of nitrogens with one attached hydrogen (secondary N) is 1. The van der Waals surface area contributed by atoms with Crippen molar-refractivity contribution in [3.63, 3.8) is 0 Å². The molecule has 0 aromatic rings. The van der Waals surface area contributed by atoms with Crippen molar-refractivity contribution < 1.29 is 4.79 Å². The lowest BCUT2D eigenvalue weighted by atomic mass is 9.99. The maximum absolute atomic E-state index is 11.4. The van der Waals surface area contributed by atoms with Gasteiger partial charge < -0.3 is 5.32 Å². The van der Waals surface area contributed by atoms with Gasteiger partial charge in [0.05, 0.1) is 0 Å². The van der Waals surface area contributed by atoms with Crippen LogP contribution in [0.3, 0.4) is 0 Å². The lowest BCUT2D eigenvalue weighted by Crippen LogP contribution is -2.39. The van der Waals surface area contributed by atoms with E-state index < -0.39 is 0 Å². The number of carbonyl (C=O) groups is 1. The van der Waals surface area contributed by atoms with E-state index in [1.807, 2.05) is 13.8 Å². The smallest absolute Gasteiger partial charge is 0.222 e. The van der Waals surface area contributed by atoms with Gasteiger partial charge in [0.25, 0.3) is 0 Å². The fourth-order valence-corrected chi connectivity index (χ4v) is 1.97. The first-order valence-electron chi connectivity index (χ1n) is 5.41. The molecule has 2 heteroatoms. The Bertz CT molecular complexity index is 171. The monoisotopic (exact) mass is 183 g/mol. The molecule has 0 bridgehead atoms. The molecule has 1 saturated carbocycles. The van der Waals surface area contributed by atoms with Crippen LogP contribution in [-0.4, -0.2) is 11.9 Å². The fourth-order valence-electron chi connectivity index (χ4n) is 1.97. The Balaban J connectivity index is 2.31. The minimum atomic E-state index is 0.115. The van der Waals surface area contributed by atoms with E-state index in [1.54, 1.807) is 0 Å². The van der Waals surface area contributed by atoms with Crippen LogP contribution in [0.1, 0.15) is 46.5 Å². The highest BCUT2D eigenvalue weighted by atomic mass is 16.1. The molecule has 1 rings (SSSR count). The zero-order chi connectivity index (χ0) is 9.84. The third-order valence-electron chi connectivity index (χ3n) is 3.00. The van der Waals surface area contributed by atoms with Crippen LogP contribution in [0.2, 0.25) is 0 Å². The Morgan fingerprint density at radius 2 is 1.77 bits per heavy atom. The normalized spacial score (nSPS) is 20.6. The molecular weight excluding hydrogens is 162 g/mol. The first-order valence-corrected chi connectivity index (χ1v) is 5.41. The first-order chi connectivity index (χ1) is 6.11. The van der Waals surface area contributed by atoms with E-state index in [1.165, 1.54) is 25.7 Å². The summed E-state index contributed by atoms with van der Waals surface area (Å²) in [6, 6.07) is 0.373. The van der Waals surface area contributed by atoms with E-state index in [0.29, 0.717) is 6.04 Å². The Hall–Kier alpha value is -0.530. The first kappa shape index (κ1) is 10.6. The molecule has 1 fully saturated rings. The second-order valence-electron chi connectivity index (χ2n) is 4.50. The average Bonchev–Trinajstić information content (AvgIpc) is 2.55. The van der Waals surface area contributed by atoms with Crippen LogP contribution in [0.5, 0.6) is 0 Å². The number of hydrogen-bond donors (Lipinski definition) is 1. The molecule has 0 heterocycles. The van der Waals surface area contributed by atoms with Gasteiger partial charge in [-0.15, -0.1) is 0 Å². The molecule has 1 amide bonds. The Morgan fingerprint density at radius 1 is 1.23 bits per heavy atom. The number of carbonyl (C=O) groups excluding carboxylic acids is 1. The van der Waals surface area contributed by atoms with Gasteiger partial charge in [0.1, 0.15) is 0 Å². The van der Waals surface area contributed by atoms with Gasteiger partial charge in [0.2, 0.25) is 5.91 Å². The van der Waals surface area contributed by atoms with Gasteiger partial charge in [0, 0.05) is 12.0 Å². The van der Waals surface area contributed by atoms with E-state index >= 15 is 0 Å². The van der Waals surface area contributed by atoms with Gasteiger partial charge in [0.15, 0.2) is 0 Å². The minimum Gasteiger partial charge on any atom is -0.353 e. The third kappa shape index (κ3) is 3.02. The van der Waals surface area contributed by atoms with E-state index in [4.69, 9.17) is 0 Å². The largest absolute Gasteiger partial charge is 0.353 e. The van der Waals surface area contributed by atoms with Crippen molar-refractivity contribution in [3.05, 3.63) is 0 Å². The summed E-state index contributed by atoms with van der Waals surface area (Å²) in [7, 11) is 0. The highest BCUT2D eigenvalue weighted by Crippen LogP contribution is 2.27. The summed E-state index contributed by atoms with van der Waals surface area (Å²) in [5, 5.41) is 3.08. The second kappa shape index (κ2) is 4.64. The van der Waals surface area contributed by atoms with E-state index in [0.717, 1.165) is 5.92 Å². The van der Waals surface area contributed by atoms with Crippen molar-refractivity contribution in [3.8, 4) is 0 Å². The molecule has 1 aliphatic carbocycles.